The van der Waals surface area contributed by atoms with Gasteiger partial charge in [0.1, 0.15) is 5.69 Å². The number of esters is 1. The molecule has 0 aliphatic rings. The van der Waals surface area contributed by atoms with Gasteiger partial charge in [0.2, 0.25) is 0 Å². The third kappa shape index (κ3) is 2.50. The van der Waals surface area contributed by atoms with E-state index in [1.54, 1.807) is 0 Å². The van der Waals surface area contributed by atoms with Crippen LogP contribution in [0.25, 0.3) is 0 Å². The molecule has 1 aromatic rings. The van der Waals surface area contributed by atoms with Gasteiger partial charge in [-0.2, -0.15) is 0 Å². The molecule has 0 aromatic carbocycles. The van der Waals surface area contributed by atoms with E-state index in [0.717, 1.165) is 0 Å². The quantitative estimate of drug-likeness (QED) is 0.782. The van der Waals surface area contributed by atoms with Crippen molar-refractivity contribution in [1.82, 2.24) is 4.98 Å². The van der Waals surface area contributed by atoms with Crippen molar-refractivity contribution in [3.8, 4) is 0 Å². The van der Waals surface area contributed by atoms with Crippen LogP contribution < -0.4 is 0 Å². The van der Waals surface area contributed by atoms with Crippen LogP contribution in [0.4, 0.5) is 8.78 Å². The third-order valence-corrected chi connectivity index (χ3v) is 2.56. The summed E-state index contributed by atoms with van der Waals surface area (Å²) in [5, 5.41) is 0. The molecular formula is C9H8BrF2NO2. The molecule has 0 amide bonds. The van der Waals surface area contributed by atoms with Crippen molar-refractivity contribution < 1.29 is 18.3 Å². The Kier molecular flexibility index (Phi) is 3.73. The molecule has 0 saturated heterocycles. The second kappa shape index (κ2) is 4.65. The largest absolute Gasteiger partial charge is 0.465 e. The Morgan fingerprint density at radius 2 is 2.20 bits per heavy atom. The highest BCUT2D eigenvalue weighted by Gasteiger charge is 2.21. The number of rotatable bonds is 2. The first-order chi connectivity index (χ1) is 6.97. The third-order valence-electron chi connectivity index (χ3n) is 1.72. The summed E-state index contributed by atoms with van der Waals surface area (Å²) in [6, 6.07) is 1.39. The number of aryl methyl sites for hydroxylation is 1. The van der Waals surface area contributed by atoms with Gasteiger partial charge in [-0.15, -0.1) is 0 Å². The maximum atomic E-state index is 12.5. The molecule has 0 radical (unpaired) electrons. The Morgan fingerprint density at radius 1 is 1.60 bits per heavy atom. The molecule has 0 N–H and O–H groups in total. The molecule has 0 aliphatic carbocycles. The lowest BCUT2D eigenvalue weighted by molar-refractivity contribution is 0.0598. The fourth-order valence-electron chi connectivity index (χ4n) is 1.08. The molecule has 0 fully saturated rings. The minimum absolute atomic E-state index is 0.0186. The fourth-order valence-corrected chi connectivity index (χ4v) is 1.62. The van der Waals surface area contributed by atoms with Crippen LogP contribution in [-0.2, 0) is 4.74 Å². The summed E-state index contributed by atoms with van der Waals surface area (Å²) in [5.74, 6) is -0.672. The van der Waals surface area contributed by atoms with E-state index in [0.29, 0.717) is 5.69 Å². The second-order valence-corrected chi connectivity index (χ2v) is 3.60. The zero-order chi connectivity index (χ0) is 11.6. The first kappa shape index (κ1) is 12.0. The summed E-state index contributed by atoms with van der Waals surface area (Å²) in [6.45, 7) is 1.53. The molecular weight excluding hydrogens is 272 g/mol. The van der Waals surface area contributed by atoms with Gasteiger partial charge in [-0.05, 0) is 28.9 Å². The smallest absolute Gasteiger partial charge is 0.339 e. The predicted molar refractivity (Wildman–Crippen MR) is 53.0 cm³/mol. The number of hydrogen-bond acceptors (Lipinski definition) is 3. The molecule has 0 unspecified atom stereocenters. The van der Waals surface area contributed by atoms with Gasteiger partial charge in [0.15, 0.2) is 0 Å². The number of aromatic nitrogens is 1. The molecule has 0 atom stereocenters. The Morgan fingerprint density at radius 3 is 2.67 bits per heavy atom. The van der Waals surface area contributed by atoms with E-state index in [9.17, 15) is 13.6 Å². The van der Waals surface area contributed by atoms with E-state index < -0.39 is 18.1 Å². The summed E-state index contributed by atoms with van der Waals surface area (Å²) in [7, 11) is 1.19. The molecule has 1 heterocycles. The lowest BCUT2D eigenvalue weighted by Crippen LogP contribution is -2.07. The highest BCUT2D eigenvalue weighted by atomic mass is 79.9. The van der Waals surface area contributed by atoms with Gasteiger partial charge in [0.25, 0.3) is 6.43 Å². The van der Waals surface area contributed by atoms with E-state index in [2.05, 4.69) is 25.7 Å². The summed E-state index contributed by atoms with van der Waals surface area (Å²) in [5.41, 5.74) is -0.0513. The number of carbonyl (C=O) groups is 1. The van der Waals surface area contributed by atoms with Crippen molar-refractivity contribution in [2.24, 2.45) is 0 Å². The van der Waals surface area contributed by atoms with E-state index in [1.165, 1.54) is 20.1 Å². The van der Waals surface area contributed by atoms with Crippen molar-refractivity contribution in [1.29, 1.82) is 0 Å². The van der Waals surface area contributed by atoms with Crippen LogP contribution in [-0.4, -0.2) is 18.1 Å². The maximum Gasteiger partial charge on any atom is 0.339 e. The van der Waals surface area contributed by atoms with E-state index in [4.69, 9.17) is 0 Å². The van der Waals surface area contributed by atoms with Crippen molar-refractivity contribution >= 4 is 21.9 Å². The molecule has 0 bridgehead atoms. The average molecular weight is 280 g/mol. The van der Waals surface area contributed by atoms with Crippen LogP contribution >= 0.6 is 15.9 Å². The molecule has 3 nitrogen and oxygen atoms in total. The number of nitrogens with zero attached hydrogens (tertiary/aromatic N) is 1. The minimum atomic E-state index is -2.73. The van der Waals surface area contributed by atoms with Crippen LogP contribution in [0.3, 0.4) is 0 Å². The number of halogens is 3. The molecule has 1 rings (SSSR count). The normalized spacial score (nSPS) is 10.5. The molecule has 15 heavy (non-hydrogen) atoms. The van der Waals surface area contributed by atoms with E-state index >= 15 is 0 Å². The lowest BCUT2D eigenvalue weighted by Gasteiger charge is -2.08. The highest BCUT2D eigenvalue weighted by molar-refractivity contribution is 9.10. The van der Waals surface area contributed by atoms with Gasteiger partial charge >= 0.3 is 5.97 Å². The first-order valence-electron chi connectivity index (χ1n) is 4.01. The standard InChI is InChI=1S/C9H8BrF2NO2/c1-4-3-5(9(14)15-2)6(10)7(13-4)8(11)12/h3,8H,1-2H3. The molecule has 0 saturated carbocycles. The Bertz CT molecular complexity index is 396. The van der Waals surface area contributed by atoms with Gasteiger partial charge in [-0.3, -0.25) is 4.98 Å². The molecule has 0 aliphatic heterocycles. The van der Waals surface area contributed by atoms with Crippen LogP contribution in [0, 0.1) is 6.92 Å². The first-order valence-corrected chi connectivity index (χ1v) is 4.80. The monoisotopic (exact) mass is 279 g/mol. The van der Waals surface area contributed by atoms with E-state index in [-0.39, 0.29) is 10.0 Å². The van der Waals surface area contributed by atoms with Gasteiger partial charge in [-0.25, -0.2) is 13.6 Å². The van der Waals surface area contributed by atoms with Crippen molar-refractivity contribution in [2.45, 2.75) is 13.3 Å². The van der Waals surface area contributed by atoms with Gasteiger partial charge in [-0.1, -0.05) is 0 Å². The highest BCUT2D eigenvalue weighted by Crippen LogP contribution is 2.29. The SMILES string of the molecule is COC(=O)c1cc(C)nc(C(F)F)c1Br. The van der Waals surface area contributed by atoms with E-state index in [1.807, 2.05) is 0 Å². The number of hydrogen-bond donors (Lipinski definition) is 0. The van der Waals surface area contributed by atoms with Crippen molar-refractivity contribution in [3.05, 3.63) is 27.5 Å². The molecule has 0 spiro atoms. The van der Waals surface area contributed by atoms with Crippen molar-refractivity contribution in [2.75, 3.05) is 7.11 Å². The summed E-state index contributed by atoms with van der Waals surface area (Å²) < 4.78 is 29.5. The number of carbonyl (C=O) groups excluding carboxylic acids is 1. The average Bonchev–Trinajstić information content (AvgIpc) is 2.19. The number of pyridine rings is 1. The number of ether oxygens (including phenoxy) is 1. The molecule has 6 heteroatoms. The lowest BCUT2D eigenvalue weighted by atomic mass is 10.2. The Labute approximate surface area is 93.6 Å². The number of methoxy groups -OCH3 is 1. The number of alkyl halides is 2. The fraction of sp³-hybridized carbons (Fsp3) is 0.333. The molecule has 82 valence electrons. The summed E-state index contributed by atoms with van der Waals surface area (Å²) in [6.07, 6.45) is -2.73. The Balaban J connectivity index is 3.34. The van der Waals surface area contributed by atoms with Crippen LogP contribution in [0.5, 0.6) is 0 Å². The zero-order valence-corrected chi connectivity index (χ0v) is 9.64. The zero-order valence-electron chi connectivity index (χ0n) is 8.05. The van der Waals surface area contributed by atoms with Crippen LogP contribution in [0.15, 0.2) is 10.5 Å². The maximum absolute atomic E-state index is 12.5. The van der Waals surface area contributed by atoms with Crippen LogP contribution in [0.1, 0.15) is 28.2 Å². The topological polar surface area (TPSA) is 39.2 Å². The Hall–Kier alpha value is -1.04. The van der Waals surface area contributed by atoms with Gasteiger partial charge in [0.05, 0.1) is 17.1 Å². The predicted octanol–water partition coefficient (Wildman–Crippen LogP) is 2.88. The van der Waals surface area contributed by atoms with Crippen LogP contribution in [0.2, 0.25) is 0 Å². The van der Waals surface area contributed by atoms with Gasteiger partial charge < -0.3 is 4.74 Å². The second-order valence-electron chi connectivity index (χ2n) is 2.80. The van der Waals surface area contributed by atoms with Gasteiger partial charge in [0, 0.05) is 5.69 Å². The summed E-state index contributed by atoms with van der Waals surface area (Å²) >= 11 is 2.91. The summed E-state index contributed by atoms with van der Waals surface area (Å²) in [4.78, 5) is 14.9. The van der Waals surface area contributed by atoms with Crippen molar-refractivity contribution in [3.63, 3.8) is 0 Å². The molecule has 1 aromatic heterocycles. The minimum Gasteiger partial charge on any atom is -0.465 e.